The van der Waals surface area contributed by atoms with Crippen LogP contribution in [-0.2, 0) is 0 Å². The Bertz CT molecular complexity index is 624. The van der Waals surface area contributed by atoms with Gasteiger partial charge in [-0.25, -0.2) is 9.37 Å². The number of thiazole rings is 1. The van der Waals surface area contributed by atoms with Crippen molar-refractivity contribution in [3.63, 3.8) is 0 Å². The van der Waals surface area contributed by atoms with Crippen LogP contribution in [0.15, 0.2) is 23.6 Å². The third-order valence-electron chi connectivity index (χ3n) is 2.99. The van der Waals surface area contributed by atoms with Gasteiger partial charge in [0.05, 0.1) is 10.6 Å². The van der Waals surface area contributed by atoms with Crippen LogP contribution in [0.5, 0.6) is 0 Å². The van der Waals surface area contributed by atoms with Crippen LogP contribution in [0.1, 0.15) is 39.5 Å². The Morgan fingerprint density at radius 1 is 1.45 bits per heavy atom. The second-order valence-corrected chi connectivity index (χ2v) is 5.81. The van der Waals surface area contributed by atoms with Crippen LogP contribution < -0.4 is 5.32 Å². The predicted molar refractivity (Wildman–Crippen MR) is 78.7 cm³/mol. The molecule has 0 saturated heterocycles. The molecule has 0 bridgehead atoms. The minimum Gasteiger partial charge on any atom is -0.351 e. The molecule has 2 rings (SSSR count). The number of amides is 1. The third-order valence-corrected chi connectivity index (χ3v) is 4.19. The van der Waals surface area contributed by atoms with Gasteiger partial charge in [0, 0.05) is 23.5 Å². The van der Waals surface area contributed by atoms with E-state index >= 15 is 0 Å². The summed E-state index contributed by atoms with van der Waals surface area (Å²) in [6.07, 6.45) is 0. The van der Waals surface area contributed by atoms with Crippen LogP contribution in [0, 0.1) is 19.7 Å². The van der Waals surface area contributed by atoms with Crippen molar-refractivity contribution < 1.29 is 9.18 Å². The first-order valence-electron chi connectivity index (χ1n) is 6.43. The Hall–Kier alpha value is -1.75. The Kier molecular flexibility index (Phi) is 4.49. The topological polar surface area (TPSA) is 42.0 Å². The molecule has 0 aliphatic rings. The second kappa shape index (κ2) is 6.13. The van der Waals surface area contributed by atoms with E-state index in [0.717, 1.165) is 16.3 Å². The molecule has 5 heteroatoms. The number of carbonyl (C=O) groups excluding carboxylic acids is 1. The highest BCUT2D eigenvalue weighted by Gasteiger charge is 2.14. The fourth-order valence-corrected chi connectivity index (χ4v) is 2.70. The average molecular weight is 292 g/mol. The molecule has 1 aromatic carbocycles. The van der Waals surface area contributed by atoms with Gasteiger partial charge in [-0.15, -0.1) is 11.3 Å². The van der Waals surface area contributed by atoms with Crippen LogP contribution in [0.4, 0.5) is 4.39 Å². The average Bonchev–Trinajstić information content (AvgIpc) is 2.85. The van der Waals surface area contributed by atoms with Crippen molar-refractivity contribution in [2.75, 3.05) is 6.54 Å². The Balaban J connectivity index is 2.00. The van der Waals surface area contributed by atoms with E-state index in [9.17, 15) is 9.18 Å². The number of hydrogen-bond donors (Lipinski definition) is 1. The third kappa shape index (κ3) is 3.42. The molecule has 1 N–H and O–H groups in total. The zero-order valence-corrected chi connectivity index (χ0v) is 12.6. The van der Waals surface area contributed by atoms with Crippen LogP contribution in [-0.4, -0.2) is 17.4 Å². The molecule has 2 aromatic rings. The van der Waals surface area contributed by atoms with Crippen molar-refractivity contribution in [1.29, 1.82) is 0 Å². The monoisotopic (exact) mass is 292 g/mol. The largest absolute Gasteiger partial charge is 0.351 e. The molecule has 0 spiro atoms. The van der Waals surface area contributed by atoms with E-state index in [0.29, 0.717) is 6.54 Å². The van der Waals surface area contributed by atoms with Gasteiger partial charge >= 0.3 is 0 Å². The minimum absolute atomic E-state index is 0.0903. The second-order valence-electron chi connectivity index (χ2n) is 4.92. The standard InChI is InChI=1S/C15H17FN2OS/c1-9-4-5-13(16)12(6-9)14(19)17-7-10(2)15-18-11(3)8-20-15/h4-6,8,10H,7H2,1-3H3,(H,17,19)/t10-/m1/s1. The summed E-state index contributed by atoms with van der Waals surface area (Å²) in [5.41, 5.74) is 1.93. The van der Waals surface area contributed by atoms with Crippen LogP contribution >= 0.6 is 11.3 Å². The minimum atomic E-state index is -0.495. The lowest BCUT2D eigenvalue weighted by Gasteiger charge is -2.11. The number of carbonyl (C=O) groups is 1. The van der Waals surface area contributed by atoms with Crippen molar-refractivity contribution >= 4 is 17.2 Å². The van der Waals surface area contributed by atoms with Crippen molar-refractivity contribution in [2.45, 2.75) is 26.7 Å². The van der Waals surface area contributed by atoms with Gasteiger partial charge in [-0.3, -0.25) is 4.79 Å². The van der Waals surface area contributed by atoms with E-state index in [1.807, 2.05) is 26.2 Å². The van der Waals surface area contributed by atoms with Gasteiger partial charge in [0.25, 0.3) is 5.91 Å². The molecule has 1 aromatic heterocycles. The quantitative estimate of drug-likeness (QED) is 0.938. The molecule has 0 unspecified atom stereocenters. The van der Waals surface area contributed by atoms with E-state index < -0.39 is 5.82 Å². The molecule has 0 fully saturated rings. The van der Waals surface area contributed by atoms with Gasteiger partial charge in [0.15, 0.2) is 0 Å². The molecule has 1 amide bonds. The lowest BCUT2D eigenvalue weighted by molar-refractivity contribution is 0.0947. The first kappa shape index (κ1) is 14.7. The first-order chi connectivity index (χ1) is 9.47. The number of halogens is 1. The number of benzene rings is 1. The first-order valence-corrected chi connectivity index (χ1v) is 7.31. The fraction of sp³-hybridized carbons (Fsp3) is 0.333. The van der Waals surface area contributed by atoms with Crippen LogP contribution in [0.2, 0.25) is 0 Å². The van der Waals surface area contributed by atoms with E-state index in [1.165, 1.54) is 6.07 Å². The van der Waals surface area contributed by atoms with Gasteiger partial charge in [0.2, 0.25) is 0 Å². The highest BCUT2D eigenvalue weighted by atomic mass is 32.1. The molecule has 3 nitrogen and oxygen atoms in total. The number of nitrogens with one attached hydrogen (secondary N) is 1. The summed E-state index contributed by atoms with van der Waals surface area (Å²) >= 11 is 1.57. The number of hydrogen-bond acceptors (Lipinski definition) is 3. The molecule has 0 radical (unpaired) electrons. The van der Waals surface area contributed by atoms with Gasteiger partial charge in [0.1, 0.15) is 5.82 Å². The normalized spacial score (nSPS) is 12.2. The SMILES string of the molecule is Cc1ccc(F)c(C(=O)NC[C@@H](C)c2nc(C)cs2)c1. The molecule has 1 heterocycles. The number of rotatable bonds is 4. The summed E-state index contributed by atoms with van der Waals surface area (Å²) in [5, 5.41) is 5.72. The molecular formula is C15H17FN2OS. The number of nitrogens with zero attached hydrogens (tertiary/aromatic N) is 1. The summed E-state index contributed by atoms with van der Waals surface area (Å²) in [6, 6.07) is 4.52. The molecule has 0 aliphatic carbocycles. The fourth-order valence-electron chi connectivity index (χ4n) is 1.84. The molecular weight excluding hydrogens is 275 g/mol. The van der Waals surface area contributed by atoms with E-state index in [-0.39, 0.29) is 17.4 Å². The predicted octanol–water partition coefficient (Wildman–Crippen LogP) is 3.43. The van der Waals surface area contributed by atoms with Crippen molar-refractivity contribution in [1.82, 2.24) is 10.3 Å². The van der Waals surface area contributed by atoms with E-state index in [2.05, 4.69) is 10.3 Å². The summed E-state index contributed by atoms with van der Waals surface area (Å²) in [5.74, 6) is -0.761. The van der Waals surface area contributed by atoms with E-state index in [4.69, 9.17) is 0 Å². The molecule has 0 saturated carbocycles. The summed E-state index contributed by atoms with van der Waals surface area (Å²) in [4.78, 5) is 16.4. The zero-order chi connectivity index (χ0) is 14.7. The number of aryl methyl sites for hydroxylation is 2. The maximum Gasteiger partial charge on any atom is 0.254 e. The maximum atomic E-state index is 13.6. The lowest BCUT2D eigenvalue weighted by Crippen LogP contribution is -2.28. The van der Waals surface area contributed by atoms with Crippen molar-refractivity contribution in [2.24, 2.45) is 0 Å². The molecule has 20 heavy (non-hydrogen) atoms. The van der Waals surface area contributed by atoms with Crippen LogP contribution in [0.3, 0.4) is 0 Å². The highest BCUT2D eigenvalue weighted by Crippen LogP contribution is 2.19. The summed E-state index contributed by atoms with van der Waals surface area (Å²) in [6.45, 7) is 6.20. The van der Waals surface area contributed by atoms with Gasteiger partial charge in [-0.1, -0.05) is 18.6 Å². The van der Waals surface area contributed by atoms with Crippen molar-refractivity contribution in [3.05, 3.63) is 51.2 Å². The molecule has 0 aliphatic heterocycles. The highest BCUT2D eigenvalue weighted by molar-refractivity contribution is 7.09. The van der Waals surface area contributed by atoms with Crippen molar-refractivity contribution in [3.8, 4) is 0 Å². The maximum absolute atomic E-state index is 13.6. The molecule has 106 valence electrons. The Morgan fingerprint density at radius 2 is 2.20 bits per heavy atom. The Labute approximate surface area is 121 Å². The van der Waals surface area contributed by atoms with Crippen LogP contribution in [0.25, 0.3) is 0 Å². The summed E-state index contributed by atoms with van der Waals surface area (Å²) < 4.78 is 13.6. The van der Waals surface area contributed by atoms with Gasteiger partial charge < -0.3 is 5.32 Å². The molecule has 1 atom stereocenters. The van der Waals surface area contributed by atoms with E-state index in [1.54, 1.807) is 23.5 Å². The smallest absolute Gasteiger partial charge is 0.254 e. The Morgan fingerprint density at radius 3 is 2.85 bits per heavy atom. The van der Waals surface area contributed by atoms with Gasteiger partial charge in [-0.05, 0) is 26.0 Å². The zero-order valence-electron chi connectivity index (χ0n) is 11.7. The number of aromatic nitrogens is 1. The van der Waals surface area contributed by atoms with Gasteiger partial charge in [-0.2, -0.15) is 0 Å². The summed E-state index contributed by atoms with van der Waals surface area (Å²) in [7, 11) is 0. The lowest BCUT2D eigenvalue weighted by atomic mass is 10.1.